The van der Waals surface area contributed by atoms with Crippen molar-refractivity contribution in [1.29, 1.82) is 0 Å². The van der Waals surface area contributed by atoms with Crippen molar-refractivity contribution in [2.45, 2.75) is 44.1 Å². The highest BCUT2D eigenvalue weighted by atomic mass is 32.2. The monoisotopic (exact) mass is 285 g/mol. The Labute approximate surface area is 116 Å². The summed E-state index contributed by atoms with van der Waals surface area (Å²) in [6, 6.07) is 6.89. The van der Waals surface area contributed by atoms with Crippen LogP contribution in [0.25, 0.3) is 0 Å². The molecule has 0 fully saturated rings. The summed E-state index contributed by atoms with van der Waals surface area (Å²) in [5.41, 5.74) is 0.0452. The molecule has 0 spiro atoms. The van der Waals surface area contributed by atoms with Crippen LogP contribution in [0.5, 0.6) is 0 Å². The number of hydrogen-bond donors (Lipinski definition) is 1. The van der Waals surface area contributed by atoms with E-state index in [0.717, 1.165) is 5.56 Å². The molecule has 0 aliphatic heterocycles. The van der Waals surface area contributed by atoms with Gasteiger partial charge in [0, 0.05) is 13.6 Å². The zero-order valence-corrected chi connectivity index (χ0v) is 13.0. The van der Waals surface area contributed by atoms with Gasteiger partial charge in [0.25, 0.3) is 0 Å². The minimum Gasteiger partial charge on any atom is -0.389 e. The lowest BCUT2D eigenvalue weighted by molar-refractivity contribution is 0.0640. The highest BCUT2D eigenvalue weighted by Crippen LogP contribution is 2.20. The van der Waals surface area contributed by atoms with Gasteiger partial charge in [-0.25, -0.2) is 8.42 Å². The molecule has 0 aliphatic carbocycles. The third-order valence-corrected chi connectivity index (χ3v) is 4.68. The van der Waals surface area contributed by atoms with E-state index in [4.69, 9.17) is 0 Å². The molecular weight excluding hydrogens is 262 g/mol. The number of aliphatic hydroxyl groups is 1. The van der Waals surface area contributed by atoms with Crippen LogP contribution < -0.4 is 0 Å². The second-order valence-electron chi connectivity index (χ2n) is 5.80. The molecule has 1 aromatic carbocycles. The Morgan fingerprint density at radius 2 is 1.68 bits per heavy atom. The molecule has 1 rings (SSSR count). The molecule has 0 radical (unpaired) electrons. The molecule has 0 saturated carbocycles. The number of rotatable bonds is 5. The first-order valence-corrected chi connectivity index (χ1v) is 7.77. The van der Waals surface area contributed by atoms with Crippen molar-refractivity contribution in [2.24, 2.45) is 0 Å². The maximum absolute atomic E-state index is 12.3. The van der Waals surface area contributed by atoms with Crippen molar-refractivity contribution < 1.29 is 13.5 Å². The quantitative estimate of drug-likeness (QED) is 0.902. The van der Waals surface area contributed by atoms with Crippen molar-refractivity contribution in [1.82, 2.24) is 4.31 Å². The summed E-state index contributed by atoms with van der Waals surface area (Å²) in [4.78, 5) is 0.253. The Kier molecular flexibility index (Phi) is 4.76. The summed E-state index contributed by atoms with van der Waals surface area (Å²) >= 11 is 0. The summed E-state index contributed by atoms with van der Waals surface area (Å²) in [5.74, 6) is 0.367. The molecule has 0 atom stereocenters. The molecule has 0 aromatic heterocycles. The van der Waals surface area contributed by atoms with E-state index in [0.29, 0.717) is 5.92 Å². The zero-order valence-electron chi connectivity index (χ0n) is 12.2. The molecule has 108 valence electrons. The van der Waals surface area contributed by atoms with Gasteiger partial charge in [0.2, 0.25) is 10.0 Å². The fourth-order valence-corrected chi connectivity index (χ4v) is 3.16. The van der Waals surface area contributed by atoms with Crippen molar-refractivity contribution in [2.75, 3.05) is 13.6 Å². The first kappa shape index (κ1) is 16.1. The van der Waals surface area contributed by atoms with Gasteiger partial charge in [-0.05, 0) is 37.5 Å². The first-order chi connectivity index (χ1) is 8.54. The molecule has 0 amide bonds. The van der Waals surface area contributed by atoms with Gasteiger partial charge in [-0.15, -0.1) is 0 Å². The van der Waals surface area contributed by atoms with E-state index in [1.807, 2.05) is 12.1 Å². The van der Waals surface area contributed by atoms with Crippen molar-refractivity contribution in [3.63, 3.8) is 0 Å². The first-order valence-electron chi connectivity index (χ1n) is 6.33. The fourth-order valence-electron chi connectivity index (χ4n) is 1.83. The molecule has 5 heteroatoms. The normalized spacial score (nSPS) is 13.3. The zero-order chi connectivity index (χ0) is 14.8. The van der Waals surface area contributed by atoms with Crippen LogP contribution in [0.2, 0.25) is 0 Å². The molecule has 19 heavy (non-hydrogen) atoms. The number of sulfonamides is 1. The van der Waals surface area contributed by atoms with Gasteiger partial charge in [-0.1, -0.05) is 26.0 Å². The number of likely N-dealkylation sites (N-methyl/N-ethyl adjacent to an activating group) is 1. The van der Waals surface area contributed by atoms with Gasteiger partial charge in [0.1, 0.15) is 0 Å². The maximum atomic E-state index is 12.3. The van der Waals surface area contributed by atoms with Crippen LogP contribution in [-0.4, -0.2) is 37.0 Å². The molecule has 1 aromatic rings. The lowest BCUT2D eigenvalue weighted by Gasteiger charge is -2.25. The van der Waals surface area contributed by atoms with Crippen molar-refractivity contribution >= 4 is 10.0 Å². The Bertz CT molecular complexity index is 513. The van der Waals surface area contributed by atoms with Crippen LogP contribution in [0.1, 0.15) is 39.2 Å². The highest BCUT2D eigenvalue weighted by molar-refractivity contribution is 7.89. The SMILES string of the molecule is CC(C)c1ccc(S(=O)(=O)N(C)CC(C)(C)O)cc1. The molecule has 0 heterocycles. The smallest absolute Gasteiger partial charge is 0.242 e. The highest BCUT2D eigenvalue weighted by Gasteiger charge is 2.26. The molecule has 1 N–H and O–H groups in total. The van der Waals surface area contributed by atoms with E-state index in [-0.39, 0.29) is 11.4 Å². The summed E-state index contributed by atoms with van der Waals surface area (Å²) in [6.07, 6.45) is 0. The fraction of sp³-hybridized carbons (Fsp3) is 0.571. The van der Waals surface area contributed by atoms with Gasteiger partial charge >= 0.3 is 0 Å². The molecule has 0 bridgehead atoms. The number of nitrogens with zero attached hydrogens (tertiary/aromatic N) is 1. The Hall–Kier alpha value is -0.910. The summed E-state index contributed by atoms with van der Waals surface area (Å²) in [5, 5.41) is 9.71. The average molecular weight is 285 g/mol. The van der Waals surface area contributed by atoms with Crippen LogP contribution >= 0.6 is 0 Å². The van der Waals surface area contributed by atoms with Gasteiger partial charge in [-0.2, -0.15) is 4.31 Å². The lowest BCUT2D eigenvalue weighted by atomic mass is 10.0. The van der Waals surface area contributed by atoms with Crippen molar-refractivity contribution in [3.05, 3.63) is 29.8 Å². The van der Waals surface area contributed by atoms with Gasteiger partial charge in [0.05, 0.1) is 10.5 Å². The number of hydrogen-bond acceptors (Lipinski definition) is 3. The largest absolute Gasteiger partial charge is 0.389 e. The van der Waals surface area contributed by atoms with E-state index in [1.165, 1.54) is 11.4 Å². The average Bonchev–Trinajstić information content (AvgIpc) is 2.26. The van der Waals surface area contributed by atoms with E-state index in [2.05, 4.69) is 13.8 Å². The molecule has 4 nitrogen and oxygen atoms in total. The van der Waals surface area contributed by atoms with Crippen LogP contribution in [0, 0.1) is 0 Å². The Morgan fingerprint density at radius 1 is 1.21 bits per heavy atom. The standard InChI is InChI=1S/C14H23NO3S/c1-11(2)12-6-8-13(9-7-12)19(17,18)15(5)10-14(3,4)16/h6-9,11,16H,10H2,1-5H3. The minimum atomic E-state index is -3.54. The Morgan fingerprint density at radius 3 is 2.05 bits per heavy atom. The molecule has 0 unspecified atom stereocenters. The van der Waals surface area contributed by atoms with Gasteiger partial charge < -0.3 is 5.11 Å². The van der Waals surface area contributed by atoms with Gasteiger partial charge in [0.15, 0.2) is 0 Å². The number of benzene rings is 1. The van der Waals surface area contributed by atoms with Gasteiger partial charge in [-0.3, -0.25) is 0 Å². The predicted octanol–water partition coefficient (Wildman–Crippen LogP) is 2.20. The third kappa shape index (κ3) is 4.30. The van der Waals surface area contributed by atoms with Crippen LogP contribution in [0.15, 0.2) is 29.2 Å². The van der Waals surface area contributed by atoms with Crippen LogP contribution in [0.4, 0.5) is 0 Å². The lowest BCUT2D eigenvalue weighted by Crippen LogP contribution is -2.39. The molecular formula is C14H23NO3S. The molecule has 0 aliphatic rings. The maximum Gasteiger partial charge on any atom is 0.242 e. The second kappa shape index (κ2) is 5.61. The second-order valence-corrected chi connectivity index (χ2v) is 7.84. The summed E-state index contributed by atoms with van der Waals surface area (Å²) < 4.78 is 25.8. The third-order valence-electron chi connectivity index (χ3n) is 2.86. The predicted molar refractivity (Wildman–Crippen MR) is 76.6 cm³/mol. The van der Waals surface area contributed by atoms with E-state index >= 15 is 0 Å². The topological polar surface area (TPSA) is 57.6 Å². The van der Waals surface area contributed by atoms with Crippen LogP contribution in [-0.2, 0) is 10.0 Å². The summed E-state index contributed by atoms with van der Waals surface area (Å²) in [6.45, 7) is 7.34. The summed E-state index contributed by atoms with van der Waals surface area (Å²) in [7, 11) is -2.07. The van der Waals surface area contributed by atoms with E-state index in [1.54, 1.807) is 26.0 Å². The molecule has 0 saturated heterocycles. The van der Waals surface area contributed by atoms with E-state index in [9.17, 15) is 13.5 Å². The van der Waals surface area contributed by atoms with E-state index < -0.39 is 15.6 Å². The van der Waals surface area contributed by atoms with Crippen LogP contribution in [0.3, 0.4) is 0 Å². The minimum absolute atomic E-state index is 0.0568. The van der Waals surface area contributed by atoms with Crippen molar-refractivity contribution in [3.8, 4) is 0 Å². The Balaban J connectivity index is 3.00.